The highest BCUT2D eigenvalue weighted by molar-refractivity contribution is 5.90. The van der Waals surface area contributed by atoms with Gasteiger partial charge in [-0.15, -0.1) is 0 Å². The van der Waals surface area contributed by atoms with Crippen molar-refractivity contribution in [1.82, 2.24) is 24.3 Å². The number of nitrogen functional groups attached to an aromatic ring is 1. The van der Waals surface area contributed by atoms with E-state index in [-0.39, 0.29) is 18.2 Å². The smallest absolute Gasteiger partial charge is 0.410 e. The molecule has 0 bridgehead atoms. The number of anilines is 1. The zero-order chi connectivity index (χ0) is 33.5. The zero-order valence-electron chi connectivity index (χ0n) is 29.5. The Morgan fingerprint density at radius 3 is 2.27 bits per heavy atom. The van der Waals surface area contributed by atoms with Crippen molar-refractivity contribution in [3.63, 3.8) is 0 Å². The summed E-state index contributed by atoms with van der Waals surface area (Å²) in [6.45, 7) is 21.9. The lowest BCUT2D eigenvalue weighted by Gasteiger charge is -2.31. The minimum atomic E-state index is -0.601. The molecule has 0 radical (unpaired) electrons. The fourth-order valence-electron chi connectivity index (χ4n) is 5.90. The van der Waals surface area contributed by atoms with E-state index in [9.17, 15) is 9.59 Å². The monoisotopic (exact) mass is 626 g/mol. The zero-order valence-corrected chi connectivity index (χ0v) is 29.5. The summed E-state index contributed by atoms with van der Waals surface area (Å²) in [6, 6.07) is 0.266. The van der Waals surface area contributed by atoms with Crippen molar-refractivity contribution in [1.29, 1.82) is 0 Å². The van der Waals surface area contributed by atoms with Gasteiger partial charge in [0.25, 0.3) is 0 Å². The van der Waals surface area contributed by atoms with E-state index in [2.05, 4.69) is 47.6 Å². The van der Waals surface area contributed by atoms with Gasteiger partial charge in [0.1, 0.15) is 29.0 Å². The number of hydrogen-bond donors (Lipinski definition) is 1. The van der Waals surface area contributed by atoms with Crippen LogP contribution in [0.25, 0.3) is 11.0 Å². The van der Waals surface area contributed by atoms with Gasteiger partial charge in [-0.2, -0.15) is 0 Å². The molecular weight excluding hydrogens is 568 g/mol. The molecule has 2 heterocycles. The van der Waals surface area contributed by atoms with Gasteiger partial charge < -0.3 is 29.6 Å². The van der Waals surface area contributed by atoms with E-state index in [0.717, 1.165) is 43.1 Å². The summed E-state index contributed by atoms with van der Waals surface area (Å²) in [7, 11) is 0. The SMILES string of the molecule is C/C=C(\C)CCN(CCCN(CC1CCC(n2cc(C(C)CC)c3c(N)ncnc32)C1)C(=O)OC(C)(C)C)C(=O)OC(C)(C)C. The van der Waals surface area contributed by atoms with Crippen LogP contribution >= 0.6 is 0 Å². The first-order valence-corrected chi connectivity index (χ1v) is 16.7. The van der Waals surface area contributed by atoms with E-state index in [4.69, 9.17) is 15.2 Å². The fraction of sp³-hybridized carbons (Fsp3) is 0.714. The van der Waals surface area contributed by atoms with Crippen molar-refractivity contribution >= 4 is 29.0 Å². The van der Waals surface area contributed by atoms with Crippen molar-refractivity contribution < 1.29 is 19.1 Å². The number of carbonyl (C=O) groups is 2. The van der Waals surface area contributed by atoms with Gasteiger partial charge in [0.05, 0.1) is 5.39 Å². The molecular formula is C35H58N6O4. The van der Waals surface area contributed by atoms with Crippen molar-refractivity contribution in [3.05, 3.63) is 29.7 Å². The fourth-order valence-corrected chi connectivity index (χ4v) is 5.90. The standard InChI is InChI=1S/C35H58N6O4/c1-11-24(3)16-19-39(32(42)44-34(5,6)7)17-13-18-40(33(43)45-35(8,9)10)21-26-14-15-27(20-26)41-22-28(25(4)12-2)29-30(36)37-23-38-31(29)41/h11,22-23,25-27H,12-21H2,1-10H3,(H2,36,37,38)/b24-11+. The molecule has 0 saturated heterocycles. The maximum atomic E-state index is 13.4. The Labute approximate surface area is 270 Å². The number of amides is 2. The Bertz CT molecular complexity index is 1320. The number of ether oxygens (including phenoxy) is 2. The number of carbonyl (C=O) groups excluding carboxylic acids is 2. The number of hydrogen-bond acceptors (Lipinski definition) is 7. The Morgan fingerprint density at radius 1 is 1.04 bits per heavy atom. The summed E-state index contributed by atoms with van der Waals surface area (Å²) in [4.78, 5) is 39.0. The number of nitrogens with zero attached hydrogens (tertiary/aromatic N) is 5. The highest BCUT2D eigenvalue weighted by Gasteiger charge is 2.32. The topological polar surface area (TPSA) is 116 Å². The molecule has 10 nitrogen and oxygen atoms in total. The predicted molar refractivity (Wildman–Crippen MR) is 181 cm³/mol. The summed E-state index contributed by atoms with van der Waals surface area (Å²) < 4.78 is 13.8. The Morgan fingerprint density at radius 2 is 1.67 bits per heavy atom. The van der Waals surface area contributed by atoms with Gasteiger partial charge in [-0.3, -0.25) is 0 Å². The van der Waals surface area contributed by atoms with Crippen LogP contribution in [0, 0.1) is 5.92 Å². The molecule has 45 heavy (non-hydrogen) atoms. The normalized spacial score (nSPS) is 18.2. The van der Waals surface area contributed by atoms with Crippen LogP contribution in [0.1, 0.15) is 125 Å². The first kappa shape index (κ1) is 36.2. The Kier molecular flexibility index (Phi) is 12.3. The number of rotatable bonds is 12. The molecule has 2 amide bonds. The average Bonchev–Trinajstić information content (AvgIpc) is 3.57. The van der Waals surface area contributed by atoms with Crippen LogP contribution in [-0.2, 0) is 9.47 Å². The second kappa shape index (κ2) is 15.3. The summed E-state index contributed by atoms with van der Waals surface area (Å²) in [5, 5.41) is 0.963. The van der Waals surface area contributed by atoms with Gasteiger partial charge >= 0.3 is 12.2 Å². The highest BCUT2D eigenvalue weighted by atomic mass is 16.6. The Balaban J connectivity index is 1.74. The van der Waals surface area contributed by atoms with E-state index < -0.39 is 11.2 Å². The molecule has 1 fully saturated rings. The number of fused-ring (bicyclic) bond motifs is 1. The van der Waals surface area contributed by atoms with Crippen LogP contribution in [0.4, 0.5) is 15.4 Å². The average molecular weight is 627 g/mol. The molecule has 3 unspecified atom stereocenters. The third-order valence-electron chi connectivity index (χ3n) is 8.63. The van der Waals surface area contributed by atoms with Crippen LogP contribution in [0.5, 0.6) is 0 Å². The molecule has 1 saturated carbocycles. The molecule has 2 aromatic rings. The minimum absolute atomic E-state index is 0.266. The molecule has 0 aliphatic heterocycles. The number of aromatic nitrogens is 3. The van der Waals surface area contributed by atoms with Crippen molar-refractivity contribution in [2.24, 2.45) is 5.92 Å². The molecule has 252 valence electrons. The Hall–Kier alpha value is -3.30. The van der Waals surface area contributed by atoms with Crippen molar-refractivity contribution in [2.45, 2.75) is 131 Å². The summed E-state index contributed by atoms with van der Waals surface area (Å²) >= 11 is 0. The third-order valence-corrected chi connectivity index (χ3v) is 8.63. The van der Waals surface area contributed by atoms with Gasteiger partial charge in [0.15, 0.2) is 0 Å². The molecule has 1 aliphatic carbocycles. The second-order valence-electron chi connectivity index (χ2n) is 14.7. The number of allylic oxidation sites excluding steroid dienone is 1. The summed E-state index contributed by atoms with van der Waals surface area (Å²) in [5.41, 5.74) is 8.47. The van der Waals surface area contributed by atoms with E-state index in [1.165, 1.54) is 11.1 Å². The lowest BCUT2D eigenvalue weighted by atomic mass is 9.99. The van der Waals surface area contributed by atoms with Crippen LogP contribution < -0.4 is 5.73 Å². The van der Waals surface area contributed by atoms with Crippen LogP contribution in [0.3, 0.4) is 0 Å². The van der Waals surface area contributed by atoms with Gasteiger partial charge in [-0.25, -0.2) is 19.6 Å². The van der Waals surface area contributed by atoms with Crippen molar-refractivity contribution in [2.75, 3.05) is 31.9 Å². The largest absolute Gasteiger partial charge is 0.444 e. The van der Waals surface area contributed by atoms with E-state index in [1.807, 2.05) is 53.4 Å². The van der Waals surface area contributed by atoms with E-state index >= 15 is 0 Å². The highest BCUT2D eigenvalue weighted by Crippen LogP contribution is 2.40. The first-order valence-electron chi connectivity index (χ1n) is 16.7. The molecule has 3 atom stereocenters. The molecule has 0 aromatic carbocycles. The van der Waals surface area contributed by atoms with Gasteiger partial charge in [0, 0.05) is 38.4 Å². The molecule has 1 aliphatic rings. The van der Waals surface area contributed by atoms with Gasteiger partial charge in [0.2, 0.25) is 0 Å². The second-order valence-corrected chi connectivity index (χ2v) is 14.7. The maximum absolute atomic E-state index is 13.4. The molecule has 10 heteroatoms. The van der Waals surface area contributed by atoms with Crippen LogP contribution in [0.2, 0.25) is 0 Å². The molecule has 3 rings (SSSR count). The lowest BCUT2D eigenvalue weighted by molar-refractivity contribution is 0.0186. The minimum Gasteiger partial charge on any atom is -0.444 e. The van der Waals surface area contributed by atoms with Gasteiger partial charge in [-0.1, -0.05) is 25.5 Å². The molecule has 0 spiro atoms. The van der Waals surface area contributed by atoms with E-state index in [1.54, 1.807) is 11.2 Å². The van der Waals surface area contributed by atoms with E-state index in [0.29, 0.717) is 50.3 Å². The van der Waals surface area contributed by atoms with Crippen molar-refractivity contribution in [3.8, 4) is 0 Å². The first-order chi connectivity index (χ1) is 21.0. The third kappa shape index (κ3) is 10.4. The van der Waals surface area contributed by atoms with Crippen LogP contribution in [0.15, 0.2) is 24.2 Å². The lowest BCUT2D eigenvalue weighted by Crippen LogP contribution is -2.42. The summed E-state index contributed by atoms with van der Waals surface area (Å²) in [6.07, 6.45) is 10.5. The number of nitrogens with two attached hydrogens (primary N) is 1. The quantitative estimate of drug-likeness (QED) is 0.237. The van der Waals surface area contributed by atoms with Gasteiger partial charge in [-0.05, 0) is 111 Å². The predicted octanol–water partition coefficient (Wildman–Crippen LogP) is 8.09. The maximum Gasteiger partial charge on any atom is 0.410 e. The molecule has 2 N–H and O–H groups in total. The summed E-state index contributed by atoms with van der Waals surface area (Å²) in [5.74, 6) is 1.19. The molecule has 2 aromatic heterocycles. The van der Waals surface area contributed by atoms with Crippen LogP contribution in [-0.4, -0.2) is 73.9 Å².